The number of aliphatic hydroxyl groups excluding tert-OH is 1. The molecular weight excluding hydrogens is 328 g/mol. The van der Waals surface area contributed by atoms with Crippen LogP contribution in [-0.4, -0.2) is 50.0 Å². The summed E-state index contributed by atoms with van der Waals surface area (Å²) in [6.07, 6.45) is 1.69. The molecule has 0 unspecified atom stereocenters. The van der Waals surface area contributed by atoms with Gasteiger partial charge in [0, 0.05) is 37.6 Å². The Hall–Kier alpha value is -2.93. The minimum absolute atomic E-state index is 0.0765. The average molecular weight is 350 g/mol. The predicted octanol–water partition coefficient (Wildman–Crippen LogP) is 2.42. The number of aromatic nitrogens is 5. The lowest BCUT2D eigenvalue weighted by Gasteiger charge is -2.11. The smallest absolute Gasteiger partial charge is 0.182 e. The Labute approximate surface area is 151 Å². The Morgan fingerprint density at radius 2 is 1.81 bits per heavy atom. The molecule has 7 heteroatoms. The lowest BCUT2D eigenvalue weighted by atomic mass is 10.2. The third-order valence-electron chi connectivity index (χ3n) is 4.91. The molecule has 0 fully saturated rings. The number of nitrogens with zero attached hydrogens (tertiary/aromatic N) is 6. The summed E-state index contributed by atoms with van der Waals surface area (Å²) in [5, 5.41) is 14.9. The number of rotatable bonds is 4. The first-order chi connectivity index (χ1) is 12.5. The first kappa shape index (κ1) is 16.5. The molecule has 7 nitrogen and oxygen atoms in total. The molecule has 134 valence electrons. The zero-order valence-corrected chi connectivity index (χ0v) is 15.4. The molecule has 26 heavy (non-hydrogen) atoms. The van der Waals surface area contributed by atoms with Crippen molar-refractivity contribution in [2.45, 2.75) is 20.4 Å². The molecule has 0 radical (unpaired) electrons. The van der Waals surface area contributed by atoms with Gasteiger partial charge in [-0.05, 0) is 43.7 Å². The van der Waals surface area contributed by atoms with Crippen molar-refractivity contribution in [3.63, 3.8) is 0 Å². The average Bonchev–Trinajstić information content (AvgIpc) is 3.17. The highest BCUT2D eigenvalue weighted by Gasteiger charge is 2.18. The van der Waals surface area contributed by atoms with Crippen LogP contribution in [0, 0.1) is 13.8 Å². The molecule has 0 spiro atoms. The minimum Gasteiger partial charge on any atom is -0.395 e. The predicted molar refractivity (Wildman–Crippen MR) is 103 cm³/mol. The first-order valence-corrected chi connectivity index (χ1v) is 8.60. The topological polar surface area (TPSA) is 71.5 Å². The maximum Gasteiger partial charge on any atom is 0.182 e. The maximum absolute atomic E-state index is 9.36. The van der Waals surface area contributed by atoms with Crippen molar-refractivity contribution in [1.29, 1.82) is 0 Å². The van der Waals surface area contributed by atoms with E-state index in [1.807, 2.05) is 37.7 Å². The Morgan fingerprint density at radius 1 is 1.08 bits per heavy atom. The van der Waals surface area contributed by atoms with E-state index in [0.717, 1.165) is 39.2 Å². The van der Waals surface area contributed by atoms with E-state index in [-0.39, 0.29) is 6.61 Å². The van der Waals surface area contributed by atoms with Gasteiger partial charge in [0.2, 0.25) is 0 Å². The molecule has 0 atom stereocenters. The summed E-state index contributed by atoms with van der Waals surface area (Å²) in [4.78, 5) is 11.4. The van der Waals surface area contributed by atoms with Crippen molar-refractivity contribution < 1.29 is 5.11 Å². The number of hydrogen-bond acceptors (Lipinski definition) is 5. The quantitative estimate of drug-likeness (QED) is 0.612. The summed E-state index contributed by atoms with van der Waals surface area (Å²) in [5.74, 6) is 0.677. The Morgan fingerprint density at radius 3 is 2.46 bits per heavy atom. The molecule has 0 aliphatic rings. The fraction of sp³-hybridized carbons (Fsp3) is 0.316. The molecule has 4 rings (SSSR count). The van der Waals surface area contributed by atoms with E-state index in [2.05, 4.69) is 34.0 Å². The number of benzene rings is 1. The fourth-order valence-electron chi connectivity index (χ4n) is 3.33. The molecule has 4 aromatic rings. The Bertz CT molecular complexity index is 1090. The van der Waals surface area contributed by atoms with Gasteiger partial charge >= 0.3 is 0 Å². The van der Waals surface area contributed by atoms with Crippen LogP contribution in [0.15, 0.2) is 30.6 Å². The second-order valence-electron chi connectivity index (χ2n) is 6.67. The summed E-state index contributed by atoms with van der Waals surface area (Å²) >= 11 is 0. The van der Waals surface area contributed by atoms with Crippen LogP contribution in [0.1, 0.15) is 11.3 Å². The first-order valence-electron chi connectivity index (χ1n) is 8.60. The molecule has 0 amide bonds. The van der Waals surface area contributed by atoms with Gasteiger partial charge in [-0.3, -0.25) is 0 Å². The number of anilines is 1. The van der Waals surface area contributed by atoms with Gasteiger partial charge < -0.3 is 14.6 Å². The van der Waals surface area contributed by atoms with Crippen LogP contribution in [0.5, 0.6) is 0 Å². The van der Waals surface area contributed by atoms with Crippen LogP contribution in [0.25, 0.3) is 28.1 Å². The second kappa shape index (κ2) is 6.10. The summed E-state index contributed by atoms with van der Waals surface area (Å²) in [7, 11) is 4.03. The molecule has 1 aromatic carbocycles. The van der Waals surface area contributed by atoms with E-state index in [4.69, 9.17) is 4.98 Å². The van der Waals surface area contributed by atoms with Gasteiger partial charge in [-0.2, -0.15) is 0 Å². The van der Waals surface area contributed by atoms with Crippen LogP contribution in [-0.2, 0) is 6.54 Å². The zero-order chi connectivity index (χ0) is 18.4. The highest BCUT2D eigenvalue weighted by Crippen LogP contribution is 2.28. The van der Waals surface area contributed by atoms with E-state index in [1.165, 1.54) is 0 Å². The molecule has 0 aliphatic heterocycles. The van der Waals surface area contributed by atoms with Crippen LogP contribution in [0.4, 0.5) is 5.69 Å². The molecular formula is C19H22N6O. The number of aryl methyl sites for hydroxylation is 1. The van der Waals surface area contributed by atoms with Gasteiger partial charge in [0.15, 0.2) is 11.5 Å². The lowest BCUT2D eigenvalue weighted by molar-refractivity contribution is 0.276. The third kappa shape index (κ3) is 2.43. The Balaban J connectivity index is 1.89. The summed E-state index contributed by atoms with van der Waals surface area (Å²) < 4.78 is 3.76. The monoisotopic (exact) mass is 350 g/mol. The van der Waals surface area contributed by atoms with Gasteiger partial charge in [-0.1, -0.05) is 0 Å². The van der Waals surface area contributed by atoms with E-state index in [0.29, 0.717) is 12.4 Å². The van der Waals surface area contributed by atoms with Crippen LogP contribution in [0.2, 0.25) is 0 Å². The zero-order valence-electron chi connectivity index (χ0n) is 15.4. The third-order valence-corrected chi connectivity index (χ3v) is 4.91. The molecule has 0 saturated heterocycles. The van der Waals surface area contributed by atoms with Crippen molar-refractivity contribution in [2.75, 3.05) is 25.6 Å². The van der Waals surface area contributed by atoms with Gasteiger partial charge in [-0.15, -0.1) is 5.10 Å². The molecule has 3 heterocycles. The maximum atomic E-state index is 9.36. The van der Waals surface area contributed by atoms with Gasteiger partial charge in [0.25, 0.3) is 0 Å². The summed E-state index contributed by atoms with van der Waals surface area (Å²) in [6.45, 7) is 4.70. The van der Waals surface area contributed by atoms with Crippen molar-refractivity contribution in [1.82, 2.24) is 24.1 Å². The van der Waals surface area contributed by atoms with Crippen LogP contribution in [0.3, 0.4) is 0 Å². The van der Waals surface area contributed by atoms with Gasteiger partial charge in [-0.25, -0.2) is 14.5 Å². The van der Waals surface area contributed by atoms with E-state index < -0.39 is 0 Å². The second-order valence-corrected chi connectivity index (χ2v) is 6.67. The number of hydrogen-bond donors (Lipinski definition) is 1. The van der Waals surface area contributed by atoms with Gasteiger partial charge in [0.1, 0.15) is 12.0 Å². The lowest BCUT2D eigenvalue weighted by Crippen LogP contribution is -2.07. The van der Waals surface area contributed by atoms with Crippen molar-refractivity contribution >= 4 is 22.4 Å². The molecule has 3 aromatic heterocycles. The minimum atomic E-state index is 0.0765. The fourth-order valence-corrected chi connectivity index (χ4v) is 3.33. The van der Waals surface area contributed by atoms with Crippen molar-refractivity contribution in [3.8, 4) is 11.4 Å². The number of fused-ring (bicyclic) bond motifs is 3. The van der Waals surface area contributed by atoms with Gasteiger partial charge in [0.05, 0.1) is 12.0 Å². The Kier molecular flexibility index (Phi) is 3.88. The highest BCUT2D eigenvalue weighted by atomic mass is 16.3. The van der Waals surface area contributed by atoms with Crippen LogP contribution < -0.4 is 4.90 Å². The molecule has 0 saturated carbocycles. The molecule has 1 N–H and O–H groups in total. The van der Waals surface area contributed by atoms with Crippen molar-refractivity contribution in [2.24, 2.45) is 0 Å². The van der Waals surface area contributed by atoms with E-state index in [9.17, 15) is 5.11 Å². The number of aliphatic hydroxyl groups is 1. The molecule has 0 aliphatic carbocycles. The molecule has 0 bridgehead atoms. The van der Waals surface area contributed by atoms with Crippen molar-refractivity contribution in [3.05, 3.63) is 41.9 Å². The standard InChI is InChI=1S/C19H22N6O/c1-12-13(2)24(9-10-26)18-16(12)19-21-17(22-25(19)11-20-18)14-5-7-15(8-6-14)23(3)4/h5-8,11,26H,9-10H2,1-4H3. The van der Waals surface area contributed by atoms with E-state index in [1.54, 1.807) is 10.8 Å². The van der Waals surface area contributed by atoms with Crippen LogP contribution >= 0.6 is 0 Å². The summed E-state index contributed by atoms with van der Waals surface area (Å²) in [5.41, 5.74) is 5.94. The summed E-state index contributed by atoms with van der Waals surface area (Å²) in [6, 6.07) is 8.18. The SMILES string of the molecule is Cc1c(C)n(CCO)c2ncn3nc(-c4ccc(N(C)C)cc4)nc3c12. The highest BCUT2D eigenvalue weighted by molar-refractivity contribution is 5.94. The van der Waals surface area contributed by atoms with E-state index >= 15 is 0 Å². The largest absolute Gasteiger partial charge is 0.395 e. The normalized spacial score (nSPS) is 11.6.